The zero-order valence-corrected chi connectivity index (χ0v) is 66.0. The van der Waals surface area contributed by atoms with Crippen LogP contribution < -0.4 is 56.8 Å². The molecule has 8 atom stereocenters. The number of amides is 2. The average Bonchev–Trinajstić information content (AvgIpc) is 0.796. The van der Waals surface area contributed by atoms with Crippen molar-refractivity contribution in [2.75, 3.05) is 97.4 Å². The summed E-state index contributed by atoms with van der Waals surface area (Å²) in [6.07, 6.45) is 1.34. The minimum absolute atomic E-state index is 0.0500. The topological polar surface area (TPSA) is 300 Å². The van der Waals surface area contributed by atoms with Gasteiger partial charge in [-0.25, -0.2) is 19.2 Å². The van der Waals surface area contributed by atoms with Gasteiger partial charge in [-0.2, -0.15) is 0 Å². The summed E-state index contributed by atoms with van der Waals surface area (Å²) in [5, 5.41) is 12.7. The Morgan fingerprint density at radius 1 is 0.438 bits per heavy atom. The molecule has 0 aliphatic carbocycles. The first-order valence-corrected chi connectivity index (χ1v) is 37.2. The number of ether oxygens (including phenoxy) is 16. The molecule has 0 N–H and O–H groups in total. The van der Waals surface area contributed by atoms with E-state index in [4.69, 9.17) is 75.8 Å². The molecule has 4 unspecified atom stereocenters. The van der Waals surface area contributed by atoms with Gasteiger partial charge in [-0.3, -0.25) is 19.7 Å². The lowest BCUT2D eigenvalue weighted by molar-refractivity contribution is -0.386. The molecule has 0 aromatic heterocycles. The summed E-state index contributed by atoms with van der Waals surface area (Å²) in [6, 6.07) is 33.8. The number of benzene rings is 7. The fourth-order valence-corrected chi connectivity index (χ4v) is 14.2. The minimum Gasteiger partial charge on any atom is -0.493 e. The van der Waals surface area contributed by atoms with Gasteiger partial charge in [-0.15, -0.1) is 0 Å². The number of carbonyl (C=O) groups excluding carboxylic acids is 6. The van der Waals surface area contributed by atoms with Crippen LogP contribution in [-0.2, 0) is 60.6 Å². The van der Waals surface area contributed by atoms with Gasteiger partial charge in [0.15, 0.2) is 59.2 Å². The van der Waals surface area contributed by atoms with Crippen LogP contribution in [0.5, 0.6) is 69.0 Å². The molecule has 2 aliphatic rings. The Bertz CT molecular complexity index is 4380. The van der Waals surface area contributed by atoms with Crippen LogP contribution in [0.25, 0.3) is 0 Å². The van der Waals surface area contributed by atoms with Crippen molar-refractivity contribution in [3.05, 3.63) is 182 Å². The summed E-state index contributed by atoms with van der Waals surface area (Å²) >= 11 is 0. The highest BCUT2D eigenvalue weighted by atomic mass is 16.6. The highest BCUT2D eigenvalue weighted by molar-refractivity contribution is 5.90. The molecule has 112 heavy (non-hydrogen) atoms. The summed E-state index contributed by atoms with van der Waals surface area (Å²) in [4.78, 5) is 101. The van der Waals surface area contributed by atoms with Crippen LogP contribution >= 0.6 is 0 Å². The van der Waals surface area contributed by atoms with Gasteiger partial charge in [0.05, 0.1) is 93.4 Å². The van der Waals surface area contributed by atoms with Crippen LogP contribution in [0.2, 0.25) is 0 Å². The third-order valence-electron chi connectivity index (χ3n) is 20.2. The number of rotatable bonds is 38. The van der Waals surface area contributed by atoms with Gasteiger partial charge >= 0.3 is 23.9 Å². The highest BCUT2D eigenvalue weighted by Gasteiger charge is 2.40. The molecule has 7 aromatic rings. The van der Waals surface area contributed by atoms with Gasteiger partial charge in [-0.1, -0.05) is 49.4 Å². The molecule has 7 aromatic carbocycles. The second-order valence-corrected chi connectivity index (χ2v) is 27.1. The highest BCUT2D eigenvalue weighted by Crippen LogP contribution is 2.44. The van der Waals surface area contributed by atoms with Gasteiger partial charge in [0.1, 0.15) is 48.0 Å². The quantitative estimate of drug-likeness (QED) is 0.0150. The lowest BCUT2D eigenvalue weighted by Gasteiger charge is -2.37. The lowest BCUT2D eigenvalue weighted by atomic mass is 9.91. The van der Waals surface area contributed by atoms with Gasteiger partial charge in [0.2, 0.25) is 23.3 Å². The van der Waals surface area contributed by atoms with E-state index in [9.17, 15) is 38.9 Å². The number of likely N-dealkylation sites (tertiary alicyclic amines) is 2. The summed E-state index contributed by atoms with van der Waals surface area (Å²) in [6.45, 7) is 6.14. The van der Waals surface area contributed by atoms with Crippen molar-refractivity contribution in [3.63, 3.8) is 0 Å². The number of aryl methyl sites for hydroxylation is 2. The second kappa shape index (κ2) is 40.3. The summed E-state index contributed by atoms with van der Waals surface area (Å²) in [7, 11) is 15.2. The van der Waals surface area contributed by atoms with Crippen LogP contribution in [0.4, 0.5) is 5.69 Å². The Morgan fingerprint density at radius 2 is 0.866 bits per heavy atom. The smallest absolute Gasteiger partial charge is 0.344 e. The molecule has 9 rings (SSSR count). The molecule has 2 amide bonds. The van der Waals surface area contributed by atoms with E-state index in [1.807, 2.05) is 31.2 Å². The van der Waals surface area contributed by atoms with Crippen LogP contribution in [0, 0.1) is 10.1 Å². The molecule has 0 saturated carbocycles. The maximum atomic E-state index is 14.7. The van der Waals surface area contributed by atoms with E-state index in [0.29, 0.717) is 151 Å². The Morgan fingerprint density at radius 3 is 1.29 bits per heavy atom. The minimum atomic E-state index is -1.16. The van der Waals surface area contributed by atoms with E-state index in [-0.39, 0.29) is 47.3 Å². The number of esters is 4. The molecular weight excluding hydrogens is 1450 g/mol. The molecule has 0 spiro atoms. The summed E-state index contributed by atoms with van der Waals surface area (Å²) in [5.74, 6) is 0.140. The second-order valence-electron chi connectivity index (χ2n) is 27.1. The van der Waals surface area contributed by atoms with Crippen molar-refractivity contribution in [3.8, 4) is 69.0 Å². The fraction of sp³-hybridized carbons (Fsp3) is 0.435. The Kier molecular flexibility index (Phi) is 30.4. The SMILES string of the molecule is CC[C@H](C(=O)N1CCCCC1C(=O)O[C@H](CCc1ccc(OC)c(OC)c1)c1cccc(OCC(=O)OC(C)c2ccc(C(C)OC(=O)COc3cccc([C@@H](CCc4ccc(OC)c(OC)c4)OC(=O)C4CCCCN4C(=O)[C@@H](C)c4cc(OC)c(OC)c(OC)c4)c3)cc2[N+](=O)[O-])c1)c1cc(OC)c(OC)c(OC)c1. The van der Waals surface area contributed by atoms with Gasteiger partial charge in [-0.05, 0) is 209 Å². The van der Waals surface area contributed by atoms with E-state index in [2.05, 4.69) is 0 Å². The molecule has 27 nitrogen and oxygen atoms in total. The number of piperidine rings is 2. The van der Waals surface area contributed by atoms with Crippen molar-refractivity contribution in [1.29, 1.82) is 0 Å². The average molecular weight is 1550 g/mol. The number of nitro benzene ring substituents is 1. The van der Waals surface area contributed by atoms with E-state index >= 15 is 0 Å². The molecule has 2 heterocycles. The third kappa shape index (κ3) is 20.9. The predicted octanol–water partition coefficient (Wildman–Crippen LogP) is 14.2. The Hall–Kier alpha value is -11.6. The number of hydrogen-bond acceptors (Lipinski definition) is 24. The van der Waals surface area contributed by atoms with Crippen LogP contribution in [0.3, 0.4) is 0 Å². The largest absolute Gasteiger partial charge is 0.493 e. The number of methoxy groups -OCH3 is 10. The standard InChI is InChI=1S/C85H101N3O24/c1-15-63(60-47-76(103-11)81(106-14)77(48-60)104-12)83(92)87-39-19-17-27-66(87)85(94)112-69(35-29-55-31-37-71(98-6)73(41-55)100-8)58-23-21-25-62(43-58)108-50-79(90)110-53(4)64-33-32-56(44-67(64)88(95)96)52(3)109-78(89)49-107-61-24-20-22-57(42-61)68(34-28-54-30-36-70(97-5)72(40-54)99-7)111-84(93)65-26-16-18-38-86(65)82(91)51(2)59-45-74(101-9)80(105-13)75(46-59)102-10/h20-25,30-33,36-37,40-48,51-53,63,65-66,68-69H,15-19,26-29,34-35,38-39,49-50H2,1-14H3/t51-,52?,53?,63-,65?,66?,68+,69+/m0/s1. The molecule has 27 heteroatoms. The maximum Gasteiger partial charge on any atom is 0.344 e. The van der Waals surface area contributed by atoms with Crippen molar-refractivity contribution in [2.45, 2.75) is 147 Å². The molecule has 0 radical (unpaired) electrons. The normalized spacial score (nSPS) is 15.6. The Labute approximate surface area is 652 Å². The van der Waals surface area contributed by atoms with E-state index in [1.165, 1.54) is 82.0 Å². The molecule has 600 valence electrons. The molecule has 0 bridgehead atoms. The van der Waals surface area contributed by atoms with Gasteiger partial charge in [0.25, 0.3) is 5.69 Å². The molecule has 2 fully saturated rings. The predicted molar refractivity (Wildman–Crippen MR) is 412 cm³/mol. The van der Waals surface area contributed by atoms with E-state index in [0.717, 1.165) is 11.1 Å². The zero-order valence-electron chi connectivity index (χ0n) is 66.0. The zero-order chi connectivity index (χ0) is 80.7. The van der Waals surface area contributed by atoms with Crippen LogP contribution in [-0.4, -0.2) is 160 Å². The van der Waals surface area contributed by atoms with Gasteiger partial charge < -0.3 is 85.6 Å². The summed E-state index contributed by atoms with van der Waals surface area (Å²) < 4.78 is 92.0. The fourth-order valence-electron chi connectivity index (χ4n) is 14.2. The summed E-state index contributed by atoms with van der Waals surface area (Å²) in [5.41, 5.74) is 3.94. The number of nitro groups is 1. The molecule has 2 saturated heterocycles. The number of hydrogen-bond donors (Lipinski definition) is 0. The monoisotopic (exact) mass is 1550 g/mol. The van der Waals surface area contributed by atoms with Crippen molar-refractivity contribution in [2.24, 2.45) is 0 Å². The lowest BCUT2D eigenvalue weighted by Crippen LogP contribution is -2.50. The van der Waals surface area contributed by atoms with E-state index < -0.39 is 96.0 Å². The van der Waals surface area contributed by atoms with E-state index in [1.54, 1.807) is 123 Å². The van der Waals surface area contributed by atoms with Crippen molar-refractivity contribution in [1.82, 2.24) is 9.80 Å². The number of carbonyl (C=O) groups is 6. The third-order valence-corrected chi connectivity index (χ3v) is 20.2. The van der Waals surface area contributed by atoms with Crippen LogP contribution in [0.15, 0.2) is 127 Å². The molecular formula is C85H101N3O24. The molecule has 2 aliphatic heterocycles. The number of nitrogens with zero attached hydrogens (tertiary/aromatic N) is 3. The first-order valence-electron chi connectivity index (χ1n) is 37.2. The van der Waals surface area contributed by atoms with Gasteiger partial charge in [0, 0.05) is 19.2 Å². The maximum absolute atomic E-state index is 14.7. The van der Waals surface area contributed by atoms with Crippen LogP contribution in [0.1, 0.15) is 166 Å². The van der Waals surface area contributed by atoms with Crippen molar-refractivity contribution >= 4 is 41.4 Å². The first-order chi connectivity index (χ1) is 54.0. The first kappa shape index (κ1) is 84.4. The Balaban J connectivity index is 0.842. The van der Waals surface area contributed by atoms with Crippen molar-refractivity contribution < 1.29 is 109 Å².